The number of oxazole rings is 1. The number of quaternary nitrogens is 1. The minimum Gasteiger partial charge on any atom is -0.481 e. The smallest absolute Gasteiger partial charge is 0.454 e. The second-order valence-corrected chi connectivity index (χ2v) is 10.4. The second kappa shape index (κ2) is 10.5. The van der Waals surface area contributed by atoms with Gasteiger partial charge >= 0.3 is 17.9 Å². The fourth-order valence-corrected chi connectivity index (χ4v) is 5.60. The van der Waals surface area contributed by atoms with E-state index in [1.807, 2.05) is 31.2 Å². The van der Waals surface area contributed by atoms with Crippen LogP contribution in [0.25, 0.3) is 11.1 Å². The number of hydrogen-bond donors (Lipinski definition) is 2. The minimum atomic E-state index is -0.889. The van der Waals surface area contributed by atoms with E-state index in [0.717, 1.165) is 11.3 Å². The number of fused-ring (bicyclic) bond motifs is 1. The monoisotopic (exact) mass is 523 g/mol. The summed E-state index contributed by atoms with van der Waals surface area (Å²) in [6.07, 6.45) is 2.46. The molecule has 0 spiro atoms. The molecule has 1 aliphatic heterocycles. The summed E-state index contributed by atoms with van der Waals surface area (Å²) in [5.74, 6) is -1.75. The van der Waals surface area contributed by atoms with Gasteiger partial charge in [0.2, 0.25) is 0 Å². The highest BCUT2D eigenvalue weighted by Gasteiger charge is 2.51. The van der Waals surface area contributed by atoms with Crippen LogP contribution in [0.3, 0.4) is 0 Å². The molecule has 38 heavy (non-hydrogen) atoms. The zero-order chi connectivity index (χ0) is 26.9. The lowest BCUT2D eigenvalue weighted by Crippen LogP contribution is -2.60. The first kappa shape index (κ1) is 25.8. The molecule has 1 aromatic heterocycles. The van der Waals surface area contributed by atoms with Crippen molar-refractivity contribution in [3.63, 3.8) is 0 Å². The highest BCUT2D eigenvalue weighted by Crippen LogP contribution is 2.32. The van der Waals surface area contributed by atoms with Crippen molar-refractivity contribution < 1.29 is 32.9 Å². The van der Waals surface area contributed by atoms with Crippen LogP contribution in [-0.2, 0) is 16.0 Å². The summed E-state index contributed by atoms with van der Waals surface area (Å²) in [5.41, 5.74) is 3.71. The van der Waals surface area contributed by atoms with Crippen molar-refractivity contribution >= 4 is 40.7 Å². The van der Waals surface area contributed by atoms with E-state index >= 15 is 4.48 Å². The molecular weight excluding hydrogens is 491 g/mol. The van der Waals surface area contributed by atoms with Gasteiger partial charge in [0.05, 0.1) is 31.5 Å². The van der Waals surface area contributed by atoms with Crippen molar-refractivity contribution in [2.75, 3.05) is 18.4 Å². The van der Waals surface area contributed by atoms with Gasteiger partial charge in [-0.2, -0.15) is 9.47 Å². The number of carbonyl (C=O) groups excluding carboxylic acids is 2. The Labute approximate surface area is 219 Å². The molecule has 1 saturated heterocycles. The number of likely N-dealkylation sites (tertiary alicyclic amines) is 1. The van der Waals surface area contributed by atoms with E-state index in [1.54, 1.807) is 18.2 Å². The van der Waals surface area contributed by atoms with E-state index in [4.69, 9.17) is 4.42 Å². The summed E-state index contributed by atoms with van der Waals surface area (Å²) in [5, 5.41) is 12.6. The molecule has 200 valence electrons. The standard InChI is InChI=1S/C28H31FN4O5/c1-18-6-2-3-7-22(18)30-27-31-23-13-8-19(16-24(23)38-27)17-25(34)33(14-4-5-15-33)28(37)32(29)21-11-9-20(10-12-21)26(35)36/h2-3,6-8,13,16,20-21H,4-5,9-12,14-15,17H2,1H3,(H-,30,31,35,36)/p+1/t20-,21+. The summed E-state index contributed by atoms with van der Waals surface area (Å²) in [6.45, 7) is 2.50. The van der Waals surface area contributed by atoms with E-state index in [1.165, 1.54) is 0 Å². The van der Waals surface area contributed by atoms with Gasteiger partial charge in [-0.3, -0.25) is 4.79 Å². The number of aryl methyl sites for hydroxylation is 1. The second-order valence-electron chi connectivity index (χ2n) is 10.4. The summed E-state index contributed by atoms with van der Waals surface area (Å²) in [4.78, 5) is 42.6. The zero-order valence-corrected chi connectivity index (χ0v) is 21.4. The molecule has 1 aliphatic carbocycles. The lowest BCUT2D eigenvalue weighted by Gasteiger charge is -2.35. The molecule has 10 heteroatoms. The molecule has 1 saturated carbocycles. The lowest BCUT2D eigenvalue weighted by atomic mass is 9.86. The van der Waals surface area contributed by atoms with Gasteiger partial charge in [-0.1, -0.05) is 28.7 Å². The molecular formula is C28H32FN4O5+. The van der Waals surface area contributed by atoms with Crippen molar-refractivity contribution in [3.8, 4) is 0 Å². The average Bonchev–Trinajstić information content (AvgIpc) is 3.57. The topological polar surface area (TPSA) is 113 Å². The van der Waals surface area contributed by atoms with Crippen molar-refractivity contribution in [1.82, 2.24) is 10.1 Å². The Morgan fingerprint density at radius 2 is 1.82 bits per heavy atom. The number of para-hydroxylation sites is 1. The number of anilines is 2. The first-order valence-electron chi connectivity index (χ1n) is 13.1. The molecule has 2 aromatic carbocycles. The number of imide groups is 1. The van der Waals surface area contributed by atoms with E-state index in [9.17, 15) is 19.5 Å². The Hall–Kier alpha value is -3.79. The Morgan fingerprint density at radius 3 is 2.50 bits per heavy atom. The van der Waals surface area contributed by atoms with E-state index in [0.29, 0.717) is 48.4 Å². The molecule has 2 heterocycles. The van der Waals surface area contributed by atoms with Crippen LogP contribution in [0.15, 0.2) is 46.9 Å². The number of carbonyl (C=O) groups is 3. The maximum Gasteiger partial charge on any atom is 0.454 e. The Balaban J connectivity index is 1.30. The number of hydrogen-bond acceptors (Lipinski definition) is 6. The fraction of sp³-hybridized carbons (Fsp3) is 0.429. The first-order valence-corrected chi connectivity index (χ1v) is 13.1. The van der Waals surface area contributed by atoms with Crippen molar-refractivity contribution in [3.05, 3.63) is 53.6 Å². The van der Waals surface area contributed by atoms with Gasteiger partial charge in [0.1, 0.15) is 5.52 Å². The van der Waals surface area contributed by atoms with Crippen molar-refractivity contribution in [1.29, 1.82) is 0 Å². The predicted octanol–water partition coefficient (Wildman–Crippen LogP) is 5.51. The van der Waals surface area contributed by atoms with Crippen LogP contribution in [-0.4, -0.2) is 56.7 Å². The molecule has 3 amide bonds. The maximum absolute atomic E-state index is 15.4. The third-order valence-corrected chi connectivity index (χ3v) is 7.92. The molecule has 2 aliphatic rings. The van der Waals surface area contributed by atoms with Crippen LogP contribution in [0.5, 0.6) is 0 Å². The molecule has 0 radical (unpaired) electrons. The number of aliphatic carboxylic acids is 1. The Kier molecular flexibility index (Phi) is 7.16. The van der Waals surface area contributed by atoms with Gasteiger partial charge in [0.15, 0.2) is 5.58 Å². The van der Waals surface area contributed by atoms with E-state index < -0.39 is 28.4 Å². The summed E-state index contributed by atoms with van der Waals surface area (Å²) >= 11 is 0. The Morgan fingerprint density at radius 1 is 1.11 bits per heavy atom. The average molecular weight is 524 g/mol. The lowest BCUT2D eigenvalue weighted by molar-refractivity contribution is -0.766. The van der Waals surface area contributed by atoms with Gasteiger partial charge < -0.3 is 14.8 Å². The quantitative estimate of drug-likeness (QED) is 0.324. The predicted molar refractivity (Wildman–Crippen MR) is 138 cm³/mol. The van der Waals surface area contributed by atoms with Crippen LogP contribution < -0.4 is 5.32 Å². The fourth-order valence-electron chi connectivity index (χ4n) is 5.60. The molecule has 9 nitrogen and oxygen atoms in total. The SMILES string of the molecule is Cc1ccccc1Nc1nc2ccc(CC(=O)[N+]3(C(=O)N(F)[C@H]4CC[C@@H](C(=O)O)CC4)CCCC3)cc2o1. The number of carboxylic acid groups (broad SMARTS) is 1. The van der Waals surface area contributed by atoms with Gasteiger partial charge in [-0.05, 0) is 61.9 Å². The van der Waals surface area contributed by atoms with Gasteiger partial charge in [-0.25, -0.2) is 9.59 Å². The number of nitrogens with zero attached hydrogens (tertiary/aromatic N) is 3. The van der Waals surface area contributed by atoms with Crippen LogP contribution >= 0.6 is 0 Å². The van der Waals surface area contributed by atoms with Gasteiger partial charge in [0.25, 0.3) is 6.01 Å². The summed E-state index contributed by atoms with van der Waals surface area (Å²) in [6, 6.07) is 11.8. The number of carboxylic acids is 1. The summed E-state index contributed by atoms with van der Waals surface area (Å²) in [7, 11) is 0. The maximum atomic E-state index is 15.4. The number of urea groups is 1. The molecule has 3 aromatic rings. The van der Waals surface area contributed by atoms with Crippen LogP contribution in [0, 0.1) is 12.8 Å². The van der Waals surface area contributed by atoms with Gasteiger partial charge in [0, 0.05) is 18.5 Å². The Bertz CT molecular complexity index is 1360. The zero-order valence-electron chi connectivity index (χ0n) is 21.4. The molecule has 0 atom stereocenters. The van der Waals surface area contributed by atoms with Gasteiger partial charge in [-0.15, -0.1) is 5.12 Å². The molecule has 0 bridgehead atoms. The minimum absolute atomic E-state index is 0.0392. The highest BCUT2D eigenvalue weighted by molar-refractivity contribution is 5.86. The largest absolute Gasteiger partial charge is 0.481 e. The van der Waals surface area contributed by atoms with E-state index in [-0.39, 0.29) is 43.4 Å². The molecule has 5 rings (SSSR count). The van der Waals surface area contributed by atoms with Crippen molar-refractivity contribution in [2.45, 2.75) is 57.9 Å². The van der Waals surface area contributed by atoms with Crippen molar-refractivity contribution in [2.24, 2.45) is 5.92 Å². The van der Waals surface area contributed by atoms with Crippen LogP contribution in [0.4, 0.5) is 21.0 Å². The summed E-state index contributed by atoms with van der Waals surface area (Å²) < 4.78 is 20.7. The number of amides is 3. The number of nitrogens with one attached hydrogen (secondary N) is 1. The molecule has 0 unspecified atom stereocenters. The molecule has 2 N–H and O–H groups in total. The molecule has 2 fully saturated rings. The first-order chi connectivity index (χ1) is 18.3. The number of halogens is 1. The van der Waals surface area contributed by atoms with Crippen LogP contribution in [0.1, 0.15) is 49.7 Å². The third kappa shape index (κ3) is 5.00. The van der Waals surface area contributed by atoms with Crippen LogP contribution in [0.2, 0.25) is 0 Å². The number of aromatic nitrogens is 1. The highest BCUT2D eigenvalue weighted by atomic mass is 19.2. The van der Waals surface area contributed by atoms with E-state index in [2.05, 4.69) is 10.3 Å². The third-order valence-electron chi connectivity index (χ3n) is 7.92. The normalized spacial score (nSPS) is 20.8. The number of benzene rings is 2. The number of rotatable bonds is 6.